The molecular weight excluding hydrogens is 518 g/mol. The highest BCUT2D eigenvalue weighted by Gasteiger charge is 2.44. The molecule has 4 rings (SSSR count). The predicted octanol–water partition coefficient (Wildman–Crippen LogP) is 1.44. The van der Waals surface area contributed by atoms with Gasteiger partial charge in [-0.3, -0.25) is 4.79 Å². The molecule has 6 atom stereocenters. The van der Waals surface area contributed by atoms with Crippen LogP contribution in [0.3, 0.4) is 0 Å². The molecule has 1 amide bonds. The van der Waals surface area contributed by atoms with Crippen molar-refractivity contribution < 1.29 is 44.2 Å². The Morgan fingerprint density at radius 1 is 0.900 bits per heavy atom. The molecule has 1 fully saturated rings. The van der Waals surface area contributed by atoms with Gasteiger partial charge in [-0.2, -0.15) is 0 Å². The Bertz CT molecular complexity index is 1270. The summed E-state index contributed by atoms with van der Waals surface area (Å²) >= 11 is 0. The van der Waals surface area contributed by atoms with E-state index in [9.17, 15) is 30.0 Å². The zero-order valence-electron chi connectivity index (χ0n) is 21.9. The number of hydrogen-bond acceptors (Lipinski definition) is 9. The number of hydrogen-bond donors (Lipinski definition) is 5. The molecule has 3 aromatic rings. The molecule has 0 unspecified atom stereocenters. The smallest absolute Gasteiger partial charge is 0.328 e. The first kappa shape index (κ1) is 29.2. The second kappa shape index (κ2) is 13.5. The molecular formula is C30H33NO9. The van der Waals surface area contributed by atoms with Gasteiger partial charge < -0.3 is 40.0 Å². The van der Waals surface area contributed by atoms with E-state index in [1.54, 1.807) is 55.5 Å². The largest absolute Gasteiger partial charge is 0.464 e. The second-order valence-electron chi connectivity index (χ2n) is 9.36. The lowest BCUT2D eigenvalue weighted by Crippen LogP contribution is -2.60. The molecule has 40 heavy (non-hydrogen) atoms. The molecule has 0 aromatic heterocycles. The minimum absolute atomic E-state index is 0.194. The van der Waals surface area contributed by atoms with Gasteiger partial charge in [0, 0.05) is 17.5 Å². The minimum atomic E-state index is -1.57. The average Bonchev–Trinajstić information content (AvgIpc) is 2.98. The van der Waals surface area contributed by atoms with E-state index in [1.807, 2.05) is 30.3 Å². The number of carbonyl (C=O) groups is 2. The maximum atomic E-state index is 13.0. The van der Waals surface area contributed by atoms with Crippen molar-refractivity contribution in [3.63, 3.8) is 0 Å². The van der Waals surface area contributed by atoms with E-state index in [1.165, 1.54) is 0 Å². The summed E-state index contributed by atoms with van der Waals surface area (Å²) < 4.78 is 16.5. The molecule has 1 heterocycles. The second-order valence-corrected chi connectivity index (χ2v) is 9.36. The van der Waals surface area contributed by atoms with E-state index >= 15 is 0 Å². The van der Waals surface area contributed by atoms with Crippen molar-refractivity contribution in [2.24, 2.45) is 0 Å². The van der Waals surface area contributed by atoms with Crippen LogP contribution in [0.15, 0.2) is 78.9 Å². The fourth-order valence-corrected chi connectivity index (χ4v) is 4.43. The summed E-state index contributed by atoms with van der Waals surface area (Å²) in [5.74, 6) is -0.642. The van der Waals surface area contributed by atoms with Crippen molar-refractivity contribution in [3.8, 4) is 16.9 Å². The summed E-state index contributed by atoms with van der Waals surface area (Å²) in [6, 6.07) is 22.0. The maximum absolute atomic E-state index is 13.0. The van der Waals surface area contributed by atoms with E-state index in [0.29, 0.717) is 22.4 Å². The average molecular weight is 552 g/mol. The summed E-state index contributed by atoms with van der Waals surface area (Å²) in [5, 5.41) is 42.7. The zero-order valence-corrected chi connectivity index (χ0v) is 21.9. The number of carbonyl (C=O) groups excluding carboxylic acids is 2. The lowest BCUT2D eigenvalue weighted by molar-refractivity contribution is -0.277. The molecule has 0 spiro atoms. The standard InChI is InChI=1S/C30H33NO9/c1-2-38-29(37)22(16-18-8-4-3-5-9-18)31-28(36)20-14-12-19(13-15-20)21-10-6-7-11-23(21)39-30-27(35)26(34)25(33)24(17-32)40-30/h3-15,22,24-27,30,32-35H,2,16-17H2,1H3,(H,31,36)/t22-,24+,25+,26-,27-,30-/m0/s1. The number of aliphatic hydroxyl groups is 4. The van der Waals surface area contributed by atoms with Gasteiger partial charge in [-0.05, 0) is 36.2 Å². The zero-order chi connectivity index (χ0) is 28.6. The highest BCUT2D eigenvalue weighted by Crippen LogP contribution is 2.33. The van der Waals surface area contributed by atoms with Gasteiger partial charge in [0.25, 0.3) is 5.91 Å². The van der Waals surface area contributed by atoms with E-state index in [-0.39, 0.29) is 13.0 Å². The molecule has 1 aliphatic rings. The summed E-state index contributed by atoms with van der Waals surface area (Å²) in [5.41, 5.74) is 2.51. The Morgan fingerprint density at radius 2 is 1.57 bits per heavy atom. The summed E-state index contributed by atoms with van der Waals surface area (Å²) in [6.07, 6.45) is -6.78. The van der Waals surface area contributed by atoms with E-state index in [0.717, 1.165) is 5.56 Å². The number of ether oxygens (including phenoxy) is 3. The molecule has 1 aliphatic heterocycles. The van der Waals surface area contributed by atoms with Gasteiger partial charge in [-0.1, -0.05) is 60.7 Å². The molecule has 3 aromatic carbocycles. The molecule has 5 N–H and O–H groups in total. The molecule has 1 saturated heterocycles. The Kier molecular flexibility index (Phi) is 9.86. The quantitative estimate of drug-likeness (QED) is 0.235. The Morgan fingerprint density at radius 3 is 2.25 bits per heavy atom. The first-order valence-electron chi connectivity index (χ1n) is 13.0. The van der Waals surface area contributed by atoms with Crippen molar-refractivity contribution in [2.45, 2.75) is 50.1 Å². The normalized spacial score (nSPS) is 23.2. The topological polar surface area (TPSA) is 155 Å². The van der Waals surface area contributed by atoms with Gasteiger partial charge in [0.05, 0.1) is 13.2 Å². The molecule has 0 radical (unpaired) electrons. The fourth-order valence-electron chi connectivity index (χ4n) is 4.43. The van der Waals surface area contributed by atoms with Crippen LogP contribution in [0.25, 0.3) is 11.1 Å². The molecule has 10 nitrogen and oxygen atoms in total. The number of para-hydroxylation sites is 1. The number of amides is 1. The highest BCUT2D eigenvalue weighted by atomic mass is 16.7. The summed E-state index contributed by atoms with van der Waals surface area (Å²) in [4.78, 5) is 25.6. The lowest BCUT2D eigenvalue weighted by Gasteiger charge is -2.39. The lowest BCUT2D eigenvalue weighted by atomic mass is 9.99. The first-order chi connectivity index (χ1) is 19.3. The van der Waals surface area contributed by atoms with Gasteiger partial charge in [0.2, 0.25) is 6.29 Å². The molecule has 212 valence electrons. The Hall–Kier alpha value is -3.80. The third-order valence-corrected chi connectivity index (χ3v) is 6.60. The van der Waals surface area contributed by atoms with Crippen LogP contribution < -0.4 is 10.1 Å². The number of nitrogens with one attached hydrogen (secondary N) is 1. The molecule has 0 bridgehead atoms. The number of rotatable bonds is 10. The van der Waals surface area contributed by atoms with Crippen LogP contribution in [0.4, 0.5) is 0 Å². The third-order valence-electron chi connectivity index (χ3n) is 6.60. The number of benzene rings is 3. The van der Waals surface area contributed by atoms with Crippen LogP contribution in [-0.2, 0) is 20.7 Å². The Labute approximate surface area is 231 Å². The molecule has 0 saturated carbocycles. The maximum Gasteiger partial charge on any atom is 0.328 e. The predicted molar refractivity (Wildman–Crippen MR) is 144 cm³/mol. The van der Waals surface area contributed by atoms with Crippen molar-refractivity contribution in [1.29, 1.82) is 0 Å². The van der Waals surface area contributed by atoms with Crippen molar-refractivity contribution in [3.05, 3.63) is 90.0 Å². The van der Waals surface area contributed by atoms with Crippen molar-refractivity contribution in [2.75, 3.05) is 13.2 Å². The monoisotopic (exact) mass is 551 g/mol. The summed E-state index contributed by atoms with van der Waals surface area (Å²) in [7, 11) is 0. The van der Waals surface area contributed by atoms with E-state index in [2.05, 4.69) is 5.32 Å². The highest BCUT2D eigenvalue weighted by molar-refractivity contribution is 5.97. The van der Waals surface area contributed by atoms with Crippen LogP contribution >= 0.6 is 0 Å². The van der Waals surface area contributed by atoms with Gasteiger partial charge in [0.15, 0.2) is 0 Å². The van der Waals surface area contributed by atoms with Crippen LogP contribution in [-0.4, -0.2) is 82.3 Å². The van der Waals surface area contributed by atoms with Crippen LogP contribution in [0.5, 0.6) is 5.75 Å². The summed E-state index contributed by atoms with van der Waals surface area (Å²) in [6.45, 7) is 1.33. The van der Waals surface area contributed by atoms with E-state index < -0.39 is 55.2 Å². The van der Waals surface area contributed by atoms with E-state index in [4.69, 9.17) is 14.2 Å². The fraction of sp³-hybridized carbons (Fsp3) is 0.333. The molecule has 10 heteroatoms. The van der Waals surface area contributed by atoms with Crippen molar-refractivity contribution >= 4 is 11.9 Å². The third kappa shape index (κ3) is 6.85. The van der Waals surface area contributed by atoms with Crippen LogP contribution in [0, 0.1) is 0 Å². The van der Waals surface area contributed by atoms with Crippen molar-refractivity contribution in [1.82, 2.24) is 5.32 Å². The van der Waals surface area contributed by atoms with Crippen LogP contribution in [0.1, 0.15) is 22.8 Å². The first-order valence-corrected chi connectivity index (χ1v) is 13.0. The number of aliphatic hydroxyl groups excluding tert-OH is 4. The van der Waals surface area contributed by atoms with Gasteiger partial charge in [-0.25, -0.2) is 4.79 Å². The minimum Gasteiger partial charge on any atom is -0.464 e. The Balaban J connectivity index is 1.49. The van der Waals surface area contributed by atoms with Gasteiger partial charge in [-0.15, -0.1) is 0 Å². The SMILES string of the molecule is CCOC(=O)[C@H](Cc1ccccc1)NC(=O)c1ccc(-c2ccccc2O[C@H]2O[C@H](CO)[C@@H](O)[C@H](O)[C@@H]2O)cc1. The van der Waals surface area contributed by atoms with Gasteiger partial charge >= 0.3 is 5.97 Å². The van der Waals surface area contributed by atoms with Gasteiger partial charge in [0.1, 0.15) is 36.2 Å². The number of esters is 1. The van der Waals surface area contributed by atoms with Crippen LogP contribution in [0.2, 0.25) is 0 Å². The molecule has 0 aliphatic carbocycles.